The largest absolute Gasteiger partial charge is 0.495 e. The highest BCUT2D eigenvalue weighted by molar-refractivity contribution is 5.30. The molecule has 2 rings (SSSR count). The van der Waals surface area contributed by atoms with Crippen LogP contribution in [-0.2, 0) is 0 Å². The van der Waals surface area contributed by atoms with E-state index in [0.29, 0.717) is 11.4 Å². The second kappa shape index (κ2) is 5.05. The van der Waals surface area contributed by atoms with Crippen molar-refractivity contribution in [2.75, 3.05) is 7.11 Å². The summed E-state index contributed by atoms with van der Waals surface area (Å²) in [6.07, 6.45) is 6.80. The van der Waals surface area contributed by atoms with E-state index in [9.17, 15) is 5.11 Å². The molecule has 0 saturated heterocycles. The van der Waals surface area contributed by atoms with E-state index in [4.69, 9.17) is 4.74 Å². The number of hydrogen-bond acceptors (Lipinski definition) is 3. The highest BCUT2D eigenvalue weighted by Crippen LogP contribution is 2.50. The SMILES string of the molecule is CCC1(C(O)c2ncccc2OC)CCCC1. The minimum absolute atomic E-state index is 0.00162. The first kappa shape index (κ1) is 12.4. The number of hydrogen-bond donors (Lipinski definition) is 1. The van der Waals surface area contributed by atoms with Crippen molar-refractivity contribution in [2.24, 2.45) is 5.41 Å². The third kappa shape index (κ3) is 2.16. The Morgan fingerprint density at radius 1 is 1.47 bits per heavy atom. The van der Waals surface area contributed by atoms with Crippen molar-refractivity contribution in [3.8, 4) is 5.75 Å². The molecule has 1 N–H and O–H groups in total. The monoisotopic (exact) mass is 235 g/mol. The Morgan fingerprint density at radius 2 is 2.18 bits per heavy atom. The third-order valence-electron chi connectivity index (χ3n) is 4.16. The van der Waals surface area contributed by atoms with Crippen molar-refractivity contribution in [2.45, 2.75) is 45.1 Å². The Hall–Kier alpha value is -1.09. The first-order chi connectivity index (χ1) is 8.23. The minimum Gasteiger partial charge on any atom is -0.495 e. The van der Waals surface area contributed by atoms with E-state index in [-0.39, 0.29) is 5.41 Å². The van der Waals surface area contributed by atoms with Gasteiger partial charge in [-0.2, -0.15) is 0 Å². The second-order valence-electron chi connectivity index (χ2n) is 4.92. The van der Waals surface area contributed by atoms with E-state index in [1.54, 1.807) is 13.3 Å². The van der Waals surface area contributed by atoms with Crippen LogP contribution >= 0.6 is 0 Å². The number of ether oxygens (including phenoxy) is 1. The van der Waals surface area contributed by atoms with Gasteiger partial charge >= 0.3 is 0 Å². The van der Waals surface area contributed by atoms with Crippen LogP contribution in [0.4, 0.5) is 0 Å². The lowest BCUT2D eigenvalue weighted by atomic mass is 9.76. The first-order valence-corrected chi connectivity index (χ1v) is 6.40. The van der Waals surface area contributed by atoms with Crippen LogP contribution in [-0.4, -0.2) is 17.2 Å². The molecule has 1 saturated carbocycles. The van der Waals surface area contributed by atoms with Crippen molar-refractivity contribution in [1.82, 2.24) is 4.98 Å². The van der Waals surface area contributed by atoms with Crippen molar-refractivity contribution in [1.29, 1.82) is 0 Å². The quantitative estimate of drug-likeness (QED) is 0.872. The van der Waals surface area contributed by atoms with Crippen LogP contribution in [0.2, 0.25) is 0 Å². The molecule has 1 aliphatic carbocycles. The maximum Gasteiger partial charge on any atom is 0.143 e. The summed E-state index contributed by atoms with van der Waals surface area (Å²) in [5.74, 6) is 0.694. The fourth-order valence-corrected chi connectivity index (χ4v) is 2.97. The summed E-state index contributed by atoms with van der Waals surface area (Å²) >= 11 is 0. The molecule has 0 radical (unpaired) electrons. The van der Waals surface area contributed by atoms with E-state index < -0.39 is 6.10 Å². The molecule has 0 aromatic carbocycles. The molecular weight excluding hydrogens is 214 g/mol. The topological polar surface area (TPSA) is 42.4 Å². The highest BCUT2D eigenvalue weighted by atomic mass is 16.5. The molecule has 1 heterocycles. The Kier molecular flexibility index (Phi) is 3.67. The summed E-state index contributed by atoms with van der Waals surface area (Å²) in [7, 11) is 1.63. The van der Waals surface area contributed by atoms with Crippen molar-refractivity contribution < 1.29 is 9.84 Å². The molecule has 17 heavy (non-hydrogen) atoms. The van der Waals surface area contributed by atoms with Crippen molar-refractivity contribution >= 4 is 0 Å². The van der Waals surface area contributed by atoms with Crippen LogP contribution in [0, 0.1) is 5.41 Å². The first-order valence-electron chi connectivity index (χ1n) is 6.40. The summed E-state index contributed by atoms with van der Waals surface area (Å²) in [5.41, 5.74) is 0.695. The zero-order valence-electron chi connectivity index (χ0n) is 10.6. The Morgan fingerprint density at radius 3 is 2.76 bits per heavy atom. The molecule has 1 aliphatic rings. The van der Waals surface area contributed by atoms with Crippen LogP contribution in [0.3, 0.4) is 0 Å². The summed E-state index contributed by atoms with van der Waals surface area (Å²) < 4.78 is 5.29. The lowest BCUT2D eigenvalue weighted by molar-refractivity contribution is 0.0187. The van der Waals surface area contributed by atoms with E-state index in [1.807, 2.05) is 12.1 Å². The second-order valence-corrected chi connectivity index (χ2v) is 4.92. The highest BCUT2D eigenvalue weighted by Gasteiger charge is 2.41. The summed E-state index contributed by atoms with van der Waals surface area (Å²) in [4.78, 5) is 4.31. The van der Waals surface area contributed by atoms with Gasteiger partial charge in [0.25, 0.3) is 0 Å². The van der Waals surface area contributed by atoms with Gasteiger partial charge in [-0.3, -0.25) is 4.98 Å². The maximum atomic E-state index is 10.6. The normalized spacial score (nSPS) is 20.2. The molecule has 3 heteroatoms. The van der Waals surface area contributed by atoms with Crippen molar-refractivity contribution in [3.63, 3.8) is 0 Å². The minimum atomic E-state index is -0.508. The van der Waals surface area contributed by atoms with Gasteiger partial charge in [0.05, 0.1) is 7.11 Å². The van der Waals surface area contributed by atoms with Gasteiger partial charge in [-0.25, -0.2) is 0 Å². The van der Waals surface area contributed by atoms with Crippen LogP contribution in [0.25, 0.3) is 0 Å². The van der Waals surface area contributed by atoms with E-state index in [1.165, 1.54) is 12.8 Å². The predicted molar refractivity (Wildman–Crippen MR) is 66.9 cm³/mol. The number of aromatic nitrogens is 1. The van der Waals surface area contributed by atoms with Gasteiger partial charge in [0.2, 0.25) is 0 Å². The molecule has 1 fully saturated rings. The molecule has 0 bridgehead atoms. The molecule has 94 valence electrons. The average molecular weight is 235 g/mol. The average Bonchev–Trinajstić information content (AvgIpc) is 2.88. The smallest absolute Gasteiger partial charge is 0.143 e. The molecular formula is C14H21NO2. The fraction of sp³-hybridized carbons (Fsp3) is 0.643. The molecule has 0 aliphatic heterocycles. The van der Waals surface area contributed by atoms with Crippen LogP contribution in [0.5, 0.6) is 5.75 Å². The van der Waals surface area contributed by atoms with Gasteiger partial charge in [0.15, 0.2) is 0 Å². The summed E-state index contributed by atoms with van der Waals surface area (Å²) in [5, 5.41) is 10.6. The molecule has 1 aromatic rings. The van der Waals surface area contributed by atoms with Gasteiger partial charge in [-0.15, -0.1) is 0 Å². The van der Waals surface area contributed by atoms with Crippen LogP contribution in [0.1, 0.15) is 50.8 Å². The number of aliphatic hydroxyl groups is 1. The maximum absolute atomic E-state index is 10.6. The molecule has 1 aromatic heterocycles. The van der Waals surface area contributed by atoms with Gasteiger partial charge in [0.1, 0.15) is 17.5 Å². The van der Waals surface area contributed by atoms with E-state index >= 15 is 0 Å². The summed E-state index contributed by atoms with van der Waals surface area (Å²) in [6, 6.07) is 3.70. The van der Waals surface area contributed by atoms with Gasteiger partial charge < -0.3 is 9.84 Å². The Labute approximate surface area is 103 Å². The van der Waals surface area contributed by atoms with Crippen LogP contribution in [0.15, 0.2) is 18.3 Å². The van der Waals surface area contributed by atoms with Gasteiger partial charge in [-0.05, 0) is 31.4 Å². The number of methoxy groups -OCH3 is 1. The molecule has 1 atom stereocenters. The zero-order chi connectivity index (χ0) is 12.3. The molecule has 0 spiro atoms. The van der Waals surface area contributed by atoms with Crippen LogP contribution < -0.4 is 4.74 Å². The summed E-state index contributed by atoms with van der Waals surface area (Å²) in [6.45, 7) is 2.16. The zero-order valence-corrected chi connectivity index (χ0v) is 10.6. The third-order valence-corrected chi connectivity index (χ3v) is 4.16. The number of pyridine rings is 1. The molecule has 1 unspecified atom stereocenters. The van der Waals surface area contributed by atoms with E-state index in [0.717, 1.165) is 19.3 Å². The molecule has 0 amide bonds. The lowest BCUT2D eigenvalue weighted by Crippen LogP contribution is -2.26. The Bertz CT molecular complexity index is 372. The van der Waals surface area contributed by atoms with E-state index in [2.05, 4.69) is 11.9 Å². The van der Waals surface area contributed by atoms with Gasteiger partial charge in [-0.1, -0.05) is 19.8 Å². The predicted octanol–water partition coefficient (Wildman–Crippen LogP) is 3.09. The Balaban J connectivity index is 2.32. The number of rotatable bonds is 4. The number of nitrogens with zero attached hydrogens (tertiary/aromatic N) is 1. The number of aliphatic hydroxyl groups excluding tert-OH is 1. The fourth-order valence-electron chi connectivity index (χ4n) is 2.97. The van der Waals surface area contributed by atoms with Gasteiger partial charge in [0, 0.05) is 11.6 Å². The lowest BCUT2D eigenvalue weighted by Gasteiger charge is -2.33. The molecule has 3 nitrogen and oxygen atoms in total. The standard InChI is InChI=1S/C14H21NO2/c1-3-14(8-4-5-9-14)13(16)12-11(17-2)7-6-10-15-12/h6-7,10,13,16H,3-5,8-9H2,1-2H3. The van der Waals surface area contributed by atoms with Crippen molar-refractivity contribution in [3.05, 3.63) is 24.0 Å².